The molecule has 0 aromatic heterocycles. The molecule has 0 aliphatic carbocycles. The molecule has 80 valence electrons. The van der Waals surface area contributed by atoms with Crippen molar-refractivity contribution in [1.82, 2.24) is 14.7 Å². The van der Waals surface area contributed by atoms with Crippen molar-refractivity contribution < 1.29 is 0 Å². The lowest BCUT2D eigenvalue weighted by molar-refractivity contribution is 0.112. The lowest BCUT2D eigenvalue weighted by Gasteiger charge is -2.37. The van der Waals surface area contributed by atoms with Gasteiger partial charge in [0.1, 0.15) is 0 Å². The van der Waals surface area contributed by atoms with Crippen molar-refractivity contribution in [1.29, 1.82) is 0 Å². The van der Waals surface area contributed by atoms with Crippen LogP contribution >= 0.6 is 0 Å². The zero-order chi connectivity index (χ0) is 9.97. The van der Waals surface area contributed by atoms with Gasteiger partial charge in [0.25, 0.3) is 0 Å². The van der Waals surface area contributed by atoms with Crippen LogP contribution in [0.3, 0.4) is 0 Å². The van der Waals surface area contributed by atoms with Gasteiger partial charge in [0.2, 0.25) is 0 Å². The maximum atomic E-state index is 2.60. The van der Waals surface area contributed by atoms with E-state index in [4.69, 9.17) is 0 Å². The van der Waals surface area contributed by atoms with Crippen LogP contribution in [0.4, 0.5) is 0 Å². The minimum atomic E-state index is 0.666. The maximum absolute atomic E-state index is 2.60. The molecule has 0 aromatic carbocycles. The van der Waals surface area contributed by atoms with Gasteiger partial charge < -0.3 is 9.80 Å². The summed E-state index contributed by atoms with van der Waals surface area (Å²) in [5.74, 6) is 0. The molecular weight excluding hydrogens is 174 g/mol. The Morgan fingerprint density at radius 2 is 1.93 bits per heavy atom. The van der Waals surface area contributed by atoms with E-state index < -0.39 is 0 Å². The fourth-order valence-corrected chi connectivity index (χ4v) is 2.31. The molecular formula is C11H21N3. The van der Waals surface area contributed by atoms with Crippen molar-refractivity contribution in [2.24, 2.45) is 0 Å². The highest BCUT2D eigenvalue weighted by molar-refractivity contribution is 5.03. The van der Waals surface area contributed by atoms with Crippen molar-refractivity contribution in [2.75, 3.05) is 46.3 Å². The summed E-state index contributed by atoms with van der Waals surface area (Å²) in [5.41, 5.74) is 0. The smallest absolute Gasteiger partial charge is 0.0471 e. The van der Waals surface area contributed by atoms with Crippen LogP contribution in [0.15, 0.2) is 12.3 Å². The number of hydrogen-bond donors (Lipinski definition) is 0. The zero-order valence-electron chi connectivity index (χ0n) is 9.32. The van der Waals surface area contributed by atoms with Crippen molar-refractivity contribution in [2.45, 2.75) is 13.0 Å². The van der Waals surface area contributed by atoms with E-state index in [1.54, 1.807) is 0 Å². The molecule has 2 aliphatic rings. The summed E-state index contributed by atoms with van der Waals surface area (Å²) in [5, 5.41) is 0. The predicted octanol–water partition coefficient (Wildman–Crippen LogP) is 0.452. The SMILES string of the molecule is CCN1CCN(C2C=CN(C)C2)CC1. The highest BCUT2D eigenvalue weighted by atomic mass is 15.3. The lowest BCUT2D eigenvalue weighted by atomic mass is 10.2. The Morgan fingerprint density at radius 3 is 2.43 bits per heavy atom. The molecule has 0 N–H and O–H groups in total. The summed E-state index contributed by atoms with van der Waals surface area (Å²) in [6.07, 6.45) is 4.54. The van der Waals surface area contributed by atoms with Crippen molar-refractivity contribution in [3.05, 3.63) is 12.3 Å². The molecule has 1 fully saturated rings. The first-order valence-corrected chi connectivity index (χ1v) is 5.64. The molecule has 2 aliphatic heterocycles. The second kappa shape index (κ2) is 4.32. The van der Waals surface area contributed by atoms with Gasteiger partial charge in [0.05, 0.1) is 0 Å². The zero-order valence-corrected chi connectivity index (χ0v) is 9.32. The largest absolute Gasteiger partial charge is 0.379 e. The average molecular weight is 195 g/mol. The molecule has 1 saturated heterocycles. The second-order valence-corrected chi connectivity index (χ2v) is 4.32. The van der Waals surface area contributed by atoms with Gasteiger partial charge in [-0.15, -0.1) is 0 Å². The number of likely N-dealkylation sites (N-methyl/N-ethyl adjacent to an activating group) is 2. The van der Waals surface area contributed by atoms with Gasteiger partial charge in [-0.25, -0.2) is 0 Å². The van der Waals surface area contributed by atoms with Crippen LogP contribution in [0, 0.1) is 0 Å². The monoisotopic (exact) mass is 195 g/mol. The Bertz CT molecular complexity index is 207. The van der Waals surface area contributed by atoms with Gasteiger partial charge in [0.15, 0.2) is 0 Å². The molecule has 0 saturated carbocycles. The molecule has 2 heterocycles. The van der Waals surface area contributed by atoms with Crippen molar-refractivity contribution in [3.63, 3.8) is 0 Å². The first-order chi connectivity index (χ1) is 6.79. The summed E-state index contributed by atoms with van der Waals surface area (Å²) < 4.78 is 0. The van der Waals surface area contributed by atoms with E-state index in [1.165, 1.54) is 39.3 Å². The van der Waals surface area contributed by atoms with E-state index in [9.17, 15) is 0 Å². The summed E-state index contributed by atoms with van der Waals surface area (Å²) in [7, 11) is 2.15. The highest BCUT2D eigenvalue weighted by Crippen LogP contribution is 2.13. The number of hydrogen-bond acceptors (Lipinski definition) is 3. The minimum Gasteiger partial charge on any atom is -0.379 e. The fraction of sp³-hybridized carbons (Fsp3) is 0.818. The average Bonchev–Trinajstić information content (AvgIpc) is 2.65. The molecule has 1 atom stereocenters. The molecule has 1 unspecified atom stereocenters. The van der Waals surface area contributed by atoms with E-state index in [1.807, 2.05) is 0 Å². The molecule has 14 heavy (non-hydrogen) atoms. The summed E-state index contributed by atoms with van der Waals surface area (Å²) >= 11 is 0. The number of rotatable bonds is 2. The van der Waals surface area contributed by atoms with Crippen molar-refractivity contribution >= 4 is 0 Å². The molecule has 0 amide bonds. The molecule has 0 spiro atoms. The third-order valence-corrected chi connectivity index (χ3v) is 3.36. The van der Waals surface area contributed by atoms with E-state index in [0.717, 1.165) is 0 Å². The normalized spacial score (nSPS) is 30.1. The van der Waals surface area contributed by atoms with E-state index in [-0.39, 0.29) is 0 Å². The topological polar surface area (TPSA) is 9.72 Å². The first-order valence-electron chi connectivity index (χ1n) is 5.64. The van der Waals surface area contributed by atoms with E-state index in [2.05, 4.69) is 40.9 Å². The molecule has 3 heteroatoms. The van der Waals surface area contributed by atoms with Gasteiger partial charge in [-0.1, -0.05) is 6.92 Å². The number of piperazine rings is 1. The molecule has 0 aromatic rings. The van der Waals surface area contributed by atoms with Crippen LogP contribution in [0.25, 0.3) is 0 Å². The van der Waals surface area contributed by atoms with Crippen LogP contribution in [0.1, 0.15) is 6.92 Å². The predicted molar refractivity (Wildman–Crippen MR) is 59.2 cm³/mol. The Hall–Kier alpha value is -0.540. The Balaban J connectivity index is 1.81. The van der Waals surface area contributed by atoms with E-state index in [0.29, 0.717) is 6.04 Å². The van der Waals surface area contributed by atoms with Crippen molar-refractivity contribution in [3.8, 4) is 0 Å². The number of nitrogens with zero attached hydrogens (tertiary/aromatic N) is 3. The lowest BCUT2D eigenvalue weighted by Crippen LogP contribution is -2.50. The van der Waals surface area contributed by atoms with Crippen LogP contribution in [-0.4, -0.2) is 67.1 Å². The molecule has 0 radical (unpaired) electrons. The Kier molecular flexibility index (Phi) is 3.08. The van der Waals surface area contributed by atoms with Crippen LogP contribution in [0.2, 0.25) is 0 Å². The van der Waals surface area contributed by atoms with Crippen LogP contribution in [-0.2, 0) is 0 Å². The van der Waals surface area contributed by atoms with Crippen LogP contribution in [0.5, 0.6) is 0 Å². The van der Waals surface area contributed by atoms with Gasteiger partial charge in [0, 0.05) is 45.8 Å². The summed E-state index contributed by atoms with van der Waals surface area (Å²) in [6, 6.07) is 0.666. The summed E-state index contributed by atoms with van der Waals surface area (Å²) in [4.78, 5) is 7.40. The third kappa shape index (κ3) is 2.10. The summed E-state index contributed by atoms with van der Waals surface area (Å²) in [6.45, 7) is 9.57. The fourth-order valence-electron chi connectivity index (χ4n) is 2.31. The van der Waals surface area contributed by atoms with Gasteiger partial charge in [-0.05, 0) is 18.8 Å². The highest BCUT2D eigenvalue weighted by Gasteiger charge is 2.24. The second-order valence-electron chi connectivity index (χ2n) is 4.32. The van der Waals surface area contributed by atoms with Gasteiger partial charge >= 0.3 is 0 Å². The minimum absolute atomic E-state index is 0.666. The maximum Gasteiger partial charge on any atom is 0.0471 e. The Labute approximate surface area is 87.0 Å². The van der Waals surface area contributed by atoms with E-state index >= 15 is 0 Å². The van der Waals surface area contributed by atoms with Crippen LogP contribution < -0.4 is 0 Å². The standard InChI is InChI=1S/C11H21N3/c1-3-13-6-8-14(9-7-13)11-4-5-12(2)10-11/h4-5,11H,3,6-10H2,1-2H3. The third-order valence-electron chi connectivity index (χ3n) is 3.36. The quantitative estimate of drug-likeness (QED) is 0.633. The van der Waals surface area contributed by atoms with Gasteiger partial charge in [-0.3, -0.25) is 4.90 Å². The van der Waals surface area contributed by atoms with Gasteiger partial charge in [-0.2, -0.15) is 0 Å². The molecule has 2 rings (SSSR count). The first kappa shape index (κ1) is 9.99. The molecule has 0 bridgehead atoms. The Morgan fingerprint density at radius 1 is 1.21 bits per heavy atom. The molecule has 3 nitrogen and oxygen atoms in total.